The maximum Gasteiger partial charge on any atom is 0.337 e. The minimum atomic E-state index is -3.75. The van der Waals surface area contributed by atoms with Gasteiger partial charge in [-0.2, -0.15) is 5.26 Å². The lowest BCUT2D eigenvalue weighted by Crippen LogP contribution is -2.07. The monoisotopic (exact) mass is 318 g/mol. The van der Waals surface area contributed by atoms with Gasteiger partial charge in [0.25, 0.3) is 0 Å². The van der Waals surface area contributed by atoms with Gasteiger partial charge in [0.05, 0.1) is 17.3 Å². The number of aromatic carboxylic acids is 1. The Morgan fingerprint density at radius 3 is 2.64 bits per heavy atom. The van der Waals surface area contributed by atoms with E-state index in [2.05, 4.69) is 4.98 Å². The number of aromatic nitrogens is 1. The lowest BCUT2D eigenvalue weighted by atomic mass is 10.1. The van der Waals surface area contributed by atoms with Crippen molar-refractivity contribution in [1.82, 2.24) is 4.98 Å². The van der Waals surface area contributed by atoms with E-state index in [0.717, 1.165) is 18.4 Å². The molecule has 1 aromatic heterocycles. The minimum Gasteiger partial charge on any atom is -0.478 e. The van der Waals surface area contributed by atoms with E-state index in [9.17, 15) is 13.2 Å². The summed E-state index contributed by atoms with van der Waals surface area (Å²) in [5, 5.41) is 18.1. The molecule has 0 saturated heterocycles. The van der Waals surface area contributed by atoms with Crippen molar-refractivity contribution in [2.75, 3.05) is 6.26 Å². The lowest BCUT2D eigenvalue weighted by molar-refractivity contribution is 0.0696. The highest BCUT2D eigenvalue weighted by Crippen LogP contribution is 2.31. The van der Waals surface area contributed by atoms with Crippen LogP contribution in [0.2, 0.25) is 0 Å². The van der Waals surface area contributed by atoms with Crippen molar-refractivity contribution in [2.45, 2.75) is 4.90 Å². The zero-order valence-corrected chi connectivity index (χ0v) is 12.2. The van der Waals surface area contributed by atoms with Crippen molar-refractivity contribution in [3.8, 4) is 17.6 Å². The molecule has 7 nitrogen and oxygen atoms in total. The molecule has 2 aromatic rings. The van der Waals surface area contributed by atoms with E-state index >= 15 is 0 Å². The third-order valence-electron chi connectivity index (χ3n) is 2.70. The quantitative estimate of drug-likeness (QED) is 0.913. The molecule has 8 heteroatoms. The van der Waals surface area contributed by atoms with E-state index in [1.807, 2.05) is 0 Å². The zero-order valence-electron chi connectivity index (χ0n) is 11.3. The Balaban J connectivity index is 2.66. The second-order valence-electron chi connectivity index (χ2n) is 4.32. The van der Waals surface area contributed by atoms with E-state index in [1.165, 1.54) is 12.4 Å². The fourth-order valence-electron chi connectivity index (χ4n) is 1.73. The van der Waals surface area contributed by atoms with Gasteiger partial charge in [0.1, 0.15) is 22.5 Å². The highest BCUT2D eigenvalue weighted by molar-refractivity contribution is 7.90. The molecule has 0 fully saturated rings. The smallest absolute Gasteiger partial charge is 0.337 e. The first kappa shape index (κ1) is 15.5. The largest absolute Gasteiger partial charge is 0.478 e. The number of carboxylic acids is 1. The third-order valence-corrected chi connectivity index (χ3v) is 3.81. The number of nitrogens with zero attached hydrogens (tertiary/aromatic N) is 2. The number of hydrogen-bond donors (Lipinski definition) is 1. The SMILES string of the molecule is CS(=O)(=O)c1cc(C(=O)O)c(C#N)cc1Oc1cccnc1. The average molecular weight is 318 g/mol. The summed E-state index contributed by atoms with van der Waals surface area (Å²) < 4.78 is 29.1. The highest BCUT2D eigenvalue weighted by atomic mass is 32.2. The molecule has 0 aliphatic carbocycles. The molecule has 0 unspecified atom stereocenters. The Morgan fingerprint density at radius 2 is 2.14 bits per heavy atom. The van der Waals surface area contributed by atoms with E-state index < -0.39 is 21.4 Å². The van der Waals surface area contributed by atoms with Crippen LogP contribution in [0.1, 0.15) is 15.9 Å². The Hall–Kier alpha value is -2.92. The number of pyridine rings is 1. The normalized spacial score (nSPS) is 10.7. The fourth-order valence-corrected chi connectivity index (χ4v) is 2.53. The van der Waals surface area contributed by atoms with E-state index in [-0.39, 0.29) is 22.0 Å². The number of nitriles is 1. The van der Waals surface area contributed by atoms with E-state index in [4.69, 9.17) is 15.1 Å². The number of rotatable bonds is 4. The molecule has 1 aromatic carbocycles. The second-order valence-corrected chi connectivity index (χ2v) is 6.31. The van der Waals surface area contributed by atoms with Crippen molar-refractivity contribution in [3.63, 3.8) is 0 Å². The van der Waals surface area contributed by atoms with Gasteiger partial charge in [-0.25, -0.2) is 13.2 Å². The van der Waals surface area contributed by atoms with Crippen LogP contribution in [0.3, 0.4) is 0 Å². The maximum atomic E-state index is 11.8. The van der Waals surface area contributed by atoms with Crippen LogP contribution < -0.4 is 4.74 Å². The predicted octanol–water partition coefficient (Wildman–Crippen LogP) is 1.85. The van der Waals surface area contributed by atoms with Gasteiger partial charge in [-0.3, -0.25) is 4.98 Å². The van der Waals surface area contributed by atoms with Crippen molar-refractivity contribution < 1.29 is 23.1 Å². The molecule has 1 heterocycles. The zero-order chi connectivity index (χ0) is 16.3. The Kier molecular flexibility index (Phi) is 4.10. The van der Waals surface area contributed by atoms with Crippen LogP contribution in [-0.4, -0.2) is 30.7 Å². The molecule has 22 heavy (non-hydrogen) atoms. The highest BCUT2D eigenvalue weighted by Gasteiger charge is 2.22. The predicted molar refractivity (Wildman–Crippen MR) is 75.5 cm³/mol. The minimum absolute atomic E-state index is 0.128. The summed E-state index contributed by atoms with van der Waals surface area (Å²) in [5.74, 6) is -1.26. The Labute approximate surface area is 126 Å². The Morgan fingerprint density at radius 1 is 1.41 bits per heavy atom. The summed E-state index contributed by atoms with van der Waals surface area (Å²) in [5.41, 5.74) is -0.597. The first-order valence-corrected chi connectivity index (χ1v) is 7.81. The van der Waals surface area contributed by atoms with Gasteiger partial charge in [-0.05, 0) is 18.2 Å². The van der Waals surface area contributed by atoms with Gasteiger partial charge in [-0.15, -0.1) is 0 Å². The summed E-state index contributed by atoms with van der Waals surface area (Å²) in [6.45, 7) is 0. The molecule has 0 spiro atoms. The fraction of sp³-hybridized carbons (Fsp3) is 0.0714. The van der Waals surface area contributed by atoms with Crippen LogP contribution in [-0.2, 0) is 9.84 Å². The van der Waals surface area contributed by atoms with Gasteiger partial charge >= 0.3 is 5.97 Å². The molecule has 0 amide bonds. The average Bonchev–Trinajstić information content (AvgIpc) is 2.46. The van der Waals surface area contributed by atoms with Crippen LogP contribution in [0, 0.1) is 11.3 Å². The topological polar surface area (TPSA) is 117 Å². The molecule has 1 N–H and O–H groups in total. The van der Waals surface area contributed by atoms with Gasteiger partial charge in [0.2, 0.25) is 0 Å². The van der Waals surface area contributed by atoms with E-state index in [0.29, 0.717) is 0 Å². The Bertz CT molecular complexity index is 870. The molecular weight excluding hydrogens is 308 g/mol. The number of benzene rings is 1. The summed E-state index contributed by atoms with van der Waals surface area (Å²) >= 11 is 0. The van der Waals surface area contributed by atoms with Gasteiger partial charge in [-0.1, -0.05) is 0 Å². The molecule has 0 saturated carbocycles. The molecule has 2 rings (SSSR count). The molecule has 0 aliphatic rings. The van der Waals surface area contributed by atoms with Crippen LogP contribution in [0.25, 0.3) is 0 Å². The molecular formula is C14H10N2O5S. The molecule has 0 atom stereocenters. The van der Waals surface area contributed by atoms with Crippen molar-refractivity contribution >= 4 is 15.8 Å². The number of carbonyl (C=O) groups is 1. The maximum absolute atomic E-state index is 11.8. The number of ether oxygens (including phenoxy) is 1. The van der Waals surface area contributed by atoms with Crippen molar-refractivity contribution in [1.29, 1.82) is 5.26 Å². The first-order chi connectivity index (χ1) is 10.3. The standard InChI is InChI=1S/C14H10N2O5S/c1-22(19,20)13-6-11(14(17)18)9(7-15)5-12(13)21-10-3-2-4-16-8-10/h2-6,8H,1H3,(H,17,18). The van der Waals surface area contributed by atoms with Crippen molar-refractivity contribution in [3.05, 3.63) is 47.8 Å². The molecule has 0 radical (unpaired) electrons. The molecule has 0 aliphatic heterocycles. The summed E-state index contributed by atoms with van der Waals surface area (Å²) in [7, 11) is -3.75. The van der Waals surface area contributed by atoms with Crippen LogP contribution in [0.4, 0.5) is 0 Å². The third kappa shape index (κ3) is 3.21. The molecule has 0 bridgehead atoms. The molecule has 112 valence electrons. The van der Waals surface area contributed by atoms with Crippen LogP contribution in [0.15, 0.2) is 41.6 Å². The summed E-state index contributed by atoms with van der Waals surface area (Å²) in [4.78, 5) is 14.6. The van der Waals surface area contributed by atoms with E-state index in [1.54, 1.807) is 18.2 Å². The number of carboxylic acid groups (broad SMARTS) is 1. The van der Waals surface area contributed by atoms with Gasteiger partial charge in [0, 0.05) is 18.5 Å². The summed E-state index contributed by atoms with van der Waals surface area (Å²) in [6, 6.07) is 6.86. The lowest BCUT2D eigenvalue weighted by Gasteiger charge is -2.11. The van der Waals surface area contributed by atoms with Gasteiger partial charge < -0.3 is 9.84 Å². The summed E-state index contributed by atoms with van der Waals surface area (Å²) in [6.07, 6.45) is 3.80. The van der Waals surface area contributed by atoms with Crippen LogP contribution >= 0.6 is 0 Å². The van der Waals surface area contributed by atoms with Crippen molar-refractivity contribution in [2.24, 2.45) is 0 Å². The first-order valence-electron chi connectivity index (χ1n) is 5.92. The number of hydrogen-bond acceptors (Lipinski definition) is 6. The second kappa shape index (κ2) is 5.83. The number of sulfone groups is 1. The van der Waals surface area contributed by atoms with Gasteiger partial charge in [0.15, 0.2) is 9.84 Å². The van der Waals surface area contributed by atoms with Crippen LogP contribution in [0.5, 0.6) is 11.5 Å².